The maximum atomic E-state index is 11.9. The first-order valence-electron chi connectivity index (χ1n) is 15.2. The molecule has 0 N–H and O–H groups in total. The van der Waals surface area contributed by atoms with Gasteiger partial charge in [-0.05, 0) is 90.2 Å². The summed E-state index contributed by atoms with van der Waals surface area (Å²) in [5.41, 5.74) is 1.87. The van der Waals surface area contributed by atoms with Crippen LogP contribution in [0.1, 0.15) is 45.7 Å². The van der Waals surface area contributed by atoms with E-state index in [0.29, 0.717) is 39.5 Å². The third kappa shape index (κ3) is 12.5. The van der Waals surface area contributed by atoms with Crippen LogP contribution < -0.4 is 93.6 Å². The molecule has 0 radical (unpaired) electrons. The van der Waals surface area contributed by atoms with Gasteiger partial charge in [0.1, 0.15) is 30.4 Å². The van der Waals surface area contributed by atoms with Gasteiger partial charge >= 0.3 is 88.7 Å². The first kappa shape index (κ1) is 54.0. The molecule has 0 amide bonds. The Morgan fingerprint density at radius 3 is 1.87 bits per heavy atom. The van der Waals surface area contributed by atoms with Crippen molar-refractivity contribution in [2.75, 3.05) is 29.5 Å². The van der Waals surface area contributed by atoms with Gasteiger partial charge in [0, 0.05) is 48.2 Å². The van der Waals surface area contributed by atoms with Gasteiger partial charge in [-0.15, -0.1) is 0 Å². The van der Waals surface area contributed by atoms with Gasteiger partial charge in [0.05, 0.1) is 42.4 Å². The smallest absolute Gasteiger partial charge is 0.748 e. The van der Waals surface area contributed by atoms with Crippen LogP contribution in [0.4, 0.5) is 11.4 Å². The molecular formula is C32H33I2N2Na3O12S4. The Morgan fingerprint density at radius 2 is 1.35 bits per heavy atom. The van der Waals surface area contributed by atoms with Crippen LogP contribution in [0.5, 0.6) is 0 Å². The van der Waals surface area contributed by atoms with E-state index in [-0.39, 0.29) is 109 Å². The quantitative estimate of drug-likeness (QED) is 0.0638. The molecule has 0 saturated carbocycles. The predicted octanol–water partition coefficient (Wildman–Crippen LogP) is -5.08. The van der Waals surface area contributed by atoms with E-state index >= 15 is 0 Å². The van der Waals surface area contributed by atoms with Gasteiger partial charge in [-0.25, -0.2) is 33.7 Å². The van der Waals surface area contributed by atoms with Crippen LogP contribution in [0.15, 0.2) is 81.8 Å². The zero-order chi connectivity index (χ0) is 39.4. The second kappa shape index (κ2) is 19.8. The van der Waals surface area contributed by atoms with E-state index in [9.17, 15) is 51.9 Å². The molecule has 0 unspecified atom stereocenters. The topological polar surface area (TPSA) is 235 Å². The number of fused-ring (bicyclic) bond motifs is 2. The van der Waals surface area contributed by atoms with Crippen LogP contribution in [0.2, 0.25) is 0 Å². The summed E-state index contributed by atoms with van der Waals surface area (Å²) in [5, 5.41) is 0. The van der Waals surface area contributed by atoms with Crippen molar-refractivity contribution < 1.29 is 145 Å². The van der Waals surface area contributed by atoms with Crippen LogP contribution in [0, 0.1) is 7.14 Å². The van der Waals surface area contributed by atoms with Crippen LogP contribution in [-0.2, 0) is 51.3 Å². The average molecular weight is 1090 g/mol. The van der Waals surface area contributed by atoms with Crippen molar-refractivity contribution in [1.29, 1.82) is 0 Å². The van der Waals surface area contributed by atoms with Gasteiger partial charge in [-0.1, -0.05) is 43.7 Å². The first-order chi connectivity index (χ1) is 23.6. The maximum Gasteiger partial charge on any atom is 1.00 e. The van der Waals surface area contributed by atoms with Gasteiger partial charge in [0.15, 0.2) is 12.3 Å². The zero-order valence-corrected chi connectivity index (χ0v) is 44.9. The molecule has 0 bridgehead atoms. The number of anilines is 1. The summed E-state index contributed by atoms with van der Waals surface area (Å²) < 4.78 is 143. The second-order valence-corrected chi connectivity index (χ2v) is 21.0. The molecule has 55 heavy (non-hydrogen) atoms. The summed E-state index contributed by atoms with van der Waals surface area (Å²) >= 11 is 3.56. The summed E-state index contributed by atoms with van der Waals surface area (Å²) in [6.07, 6.45) is 10.2. The molecule has 14 nitrogen and oxygen atoms in total. The van der Waals surface area contributed by atoms with Crippen molar-refractivity contribution in [3.05, 3.63) is 90.3 Å². The summed E-state index contributed by atoms with van der Waals surface area (Å²) in [7, 11) is -18.9. The average Bonchev–Trinajstić information content (AvgIpc) is 3.32. The van der Waals surface area contributed by atoms with Crippen molar-refractivity contribution in [1.82, 2.24) is 0 Å². The minimum absolute atomic E-state index is 0. The number of allylic oxidation sites excluding steroid dienone is 8. The molecule has 0 spiro atoms. The summed E-state index contributed by atoms with van der Waals surface area (Å²) in [6, 6.07) is 5.15. The molecular weight excluding hydrogens is 1060 g/mol. The SMILES string of the molecule is CC(/C=C/C=C1/N(CCS(=O)(=O)[O-])c2ccc(S(=O)(=O)[O-])c([125I])c2C1(C)C)=C\C=C\C1=[N+](CCS(=O)(=O)[O-])c2ccc(S(=O)(=O)[O-])c([131I])c2C1(C)C.[Na+].[Na+].[Na+]. The van der Waals surface area contributed by atoms with Crippen molar-refractivity contribution in [2.24, 2.45) is 0 Å². The van der Waals surface area contributed by atoms with Gasteiger partial charge in [0.2, 0.25) is 5.69 Å². The van der Waals surface area contributed by atoms with E-state index < -0.39 is 72.6 Å². The zero-order valence-electron chi connectivity index (χ0n) is 31.3. The number of hydrogen-bond acceptors (Lipinski definition) is 13. The van der Waals surface area contributed by atoms with E-state index in [0.717, 1.165) is 12.1 Å². The minimum atomic E-state index is -4.82. The Hall–Kier alpha value is 0.970. The van der Waals surface area contributed by atoms with Crippen LogP contribution in [0.3, 0.4) is 0 Å². The van der Waals surface area contributed by atoms with Crippen molar-refractivity contribution >= 4 is 103 Å². The molecule has 2 aromatic carbocycles. The monoisotopic (exact) mass is 1090 g/mol. The molecule has 4 rings (SSSR count). The molecule has 2 aliphatic rings. The molecule has 2 heterocycles. The Morgan fingerprint density at radius 1 is 0.800 bits per heavy atom. The van der Waals surface area contributed by atoms with Crippen molar-refractivity contribution in [2.45, 2.75) is 55.2 Å². The normalized spacial score (nSPS) is 17.6. The number of halogens is 2. The third-order valence-electron chi connectivity index (χ3n) is 8.76. The molecule has 0 aliphatic carbocycles. The largest absolute Gasteiger partial charge is 1.00 e. The number of benzene rings is 2. The van der Waals surface area contributed by atoms with Crippen LogP contribution >= 0.6 is 45.2 Å². The van der Waals surface area contributed by atoms with Gasteiger partial charge in [-0.3, -0.25) is 0 Å². The molecule has 0 aromatic heterocycles. The summed E-state index contributed by atoms with van der Waals surface area (Å²) in [5.74, 6) is -1.45. The van der Waals surface area contributed by atoms with E-state index in [1.807, 2.05) is 0 Å². The minimum Gasteiger partial charge on any atom is -0.748 e. The van der Waals surface area contributed by atoms with Crippen LogP contribution in [0.25, 0.3) is 0 Å². The van der Waals surface area contributed by atoms with Gasteiger partial charge in [-0.2, -0.15) is 4.58 Å². The Balaban J connectivity index is 0.00000504. The summed E-state index contributed by atoms with van der Waals surface area (Å²) in [6.45, 7) is 8.47. The fraction of sp³-hybridized carbons (Fsp3) is 0.344. The van der Waals surface area contributed by atoms with Crippen molar-refractivity contribution in [3.63, 3.8) is 0 Å². The molecule has 284 valence electrons. The standard InChI is InChI=1S/C32H36I2N2O12S4.3Na/c1-20(8-6-10-25-31(2,3)27-21(35(25)16-18-49(37,38)39)12-14-23(29(27)33)51(43,44)45)9-7-11-26-32(4,5)28-22(36(26)17-19-50(40,41)42)13-15-24(30(28)34)52(46,47)48;;;/h6-15H,16-19H2,1-5H3,(H3-,37,38,39,40,41,42,43,44,45,46,47,48);;;/q;3*+1/p-3/i33-2,34+4;;;. The third-order valence-corrected chi connectivity index (χ3v) is 14.9. The molecule has 0 fully saturated rings. The molecule has 0 atom stereocenters. The van der Waals surface area contributed by atoms with Crippen LogP contribution in [-0.4, -0.2) is 86.8 Å². The maximum absolute atomic E-state index is 11.9. The molecule has 2 aromatic rings. The fourth-order valence-corrected chi connectivity index (χ4v) is 12.2. The Bertz CT molecular complexity index is 2460. The van der Waals surface area contributed by atoms with E-state index in [1.54, 1.807) is 126 Å². The predicted molar refractivity (Wildman–Crippen MR) is 207 cm³/mol. The fourth-order valence-electron chi connectivity index (χ4n) is 6.43. The second-order valence-electron chi connectivity index (χ2n) is 13.1. The van der Waals surface area contributed by atoms with E-state index in [2.05, 4.69) is 0 Å². The Labute approximate surface area is 416 Å². The molecule has 0 saturated heterocycles. The van der Waals surface area contributed by atoms with Gasteiger partial charge < -0.3 is 23.1 Å². The summed E-state index contributed by atoms with van der Waals surface area (Å²) in [4.78, 5) is 0.781. The molecule has 2 aliphatic heterocycles. The number of rotatable bonds is 12. The van der Waals surface area contributed by atoms with E-state index in [4.69, 9.17) is 0 Å². The van der Waals surface area contributed by atoms with E-state index in [1.165, 1.54) is 12.1 Å². The number of hydrogen-bond donors (Lipinski definition) is 0. The Kier molecular flexibility index (Phi) is 19.4. The first-order valence-corrected chi connectivity index (χ1v) is 23.3. The van der Waals surface area contributed by atoms with Gasteiger partial charge in [0.25, 0.3) is 0 Å². The number of nitrogens with zero attached hydrogens (tertiary/aromatic N) is 2. The van der Waals surface area contributed by atoms with Crippen molar-refractivity contribution in [3.8, 4) is 0 Å². The molecule has 23 heteroatoms.